The summed E-state index contributed by atoms with van der Waals surface area (Å²) in [6, 6.07) is 10.5. The zero-order chi connectivity index (χ0) is 15.5. The summed E-state index contributed by atoms with van der Waals surface area (Å²) in [6.45, 7) is -0.108. The number of rotatable bonds is 4. The molecular formula is C15H9BrF2N2O2. The number of hydrogen-bond donors (Lipinski definition) is 0. The van der Waals surface area contributed by atoms with Crippen LogP contribution in [0.2, 0.25) is 0 Å². The molecule has 112 valence electrons. The molecule has 0 bridgehead atoms. The predicted octanol–water partition coefficient (Wildman–Crippen LogP) is 4.36. The Morgan fingerprint density at radius 1 is 1.14 bits per heavy atom. The first-order valence-corrected chi connectivity index (χ1v) is 7.07. The van der Waals surface area contributed by atoms with Gasteiger partial charge in [-0.05, 0) is 24.3 Å². The third-order valence-electron chi connectivity index (χ3n) is 2.80. The molecule has 3 rings (SSSR count). The lowest BCUT2D eigenvalue weighted by Gasteiger charge is -2.03. The third kappa shape index (κ3) is 3.30. The van der Waals surface area contributed by atoms with Gasteiger partial charge in [0.2, 0.25) is 5.82 Å². The zero-order valence-electron chi connectivity index (χ0n) is 11.1. The summed E-state index contributed by atoms with van der Waals surface area (Å²) in [4.78, 5) is 4.16. The van der Waals surface area contributed by atoms with E-state index in [4.69, 9.17) is 9.26 Å². The van der Waals surface area contributed by atoms with Gasteiger partial charge < -0.3 is 9.26 Å². The minimum absolute atomic E-state index is 0.0800. The Hall–Kier alpha value is -2.28. The second kappa shape index (κ2) is 6.23. The van der Waals surface area contributed by atoms with Crippen LogP contribution in [0.4, 0.5) is 8.78 Å². The van der Waals surface area contributed by atoms with E-state index in [1.807, 2.05) is 24.3 Å². The van der Waals surface area contributed by atoms with Gasteiger partial charge in [0.05, 0.1) is 0 Å². The van der Waals surface area contributed by atoms with Crippen LogP contribution in [-0.2, 0) is 6.61 Å². The average molecular weight is 367 g/mol. The van der Waals surface area contributed by atoms with Crippen LogP contribution in [0.5, 0.6) is 5.75 Å². The van der Waals surface area contributed by atoms with E-state index in [1.165, 1.54) is 6.07 Å². The molecule has 0 amide bonds. The van der Waals surface area contributed by atoms with Crippen LogP contribution in [-0.4, -0.2) is 10.1 Å². The molecule has 0 radical (unpaired) electrons. The van der Waals surface area contributed by atoms with E-state index < -0.39 is 11.6 Å². The molecule has 7 heteroatoms. The van der Waals surface area contributed by atoms with E-state index in [0.717, 1.165) is 22.2 Å². The van der Waals surface area contributed by atoms with Gasteiger partial charge >= 0.3 is 0 Å². The van der Waals surface area contributed by atoms with Crippen molar-refractivity contribution in [3.8, 4) is 17.1 Å². The van der Waals surface area contributed by atoms with Crippen molar-refractivity contribution < 1.29 is 18.0 Å². The summed E-state index contributed by atoms with van der Waals surface area (Å²) in [5.74, 6) is -0.937. The van der Waals surface area contributed by atoms with Crippen molar-refractivity contribution in [3.63, 3.8) is 0 Å². The molecule has 0 N–H and O–H groups in total. The first kappa shape index (κ1) is 14.6. The van der Waals surface area contributed by atoms with Crippen molar-refractivity contribution in [3.05, 3.63) is 64.5 Å². The van der Waals surface area contributed by atoms with Gasteiger partial charge in [-0.15, -0.1) is 0 Å². The van der Waals surface area contributed by atoms with Crippen LogP contribution >= 0.6 is 15.9 Å². The van der Waals surface area contributed by atoms with Gasteiger partial charge in [-0.1, -0.05) is 33.2 Å². The number of hydrogen-bond acceptors (Lipinski definition) is 4. The molecule has 0 saturated heterocycles. The Morgan fingerprint density at radius 2 is 2.00 bits per heavy atom. The molecule has 1 heterocycles. The lowest BCUT2D eigenvalue weighted by molar-refractivity contribution is 0.234. The van der Waals surface area contributed by atoms with Crippen molar-refractivity contribution in [2.45, 2.75) is 6.61 Å². The van der Waals surface area contributed by atoms with Crippen LogP contribution < -0.4 is 4.74 Å². The highest BCUT2D eigenvalue weighted by molar-refractivity contribution is 9.10. The lowest BCUT2D eigenvalue weighted by atomic mass is 10.2. The van der Waals surface area contributed by atoms with Gasteiger partial charge in [0.25, 0.3) is 5.89 Å². The summed E-state index contributed by atoms with van der Waals surface area (Å²) in [7, 11) is 0. The van der Waals surface area contributed by atoms with Gasteiger partial charge in [-0.2, -0.15) is 4.98 Å². The van der Waals surface area contributed by atoms with Crippen molar-refractivity contribution in [2.75, 3.05) is 0 Å². The molecule has 0 saturated carbocycles. The normalized spacial score (nSPS) is 10.7. The first-order chi connectivity index (χ1) is 10.6. The smallest absolute Gasteiger partial charge is 0.264 e. The molecule has 1 aromatic heterocycles. The molecule has 3 aromatic rings. The standard InChI is InChI=1S/C15H9BrF2N2O2/c16-10-3-1-2-9(6-10)15-19-14(22-20-15)8-21-13-5-4-11(17)7-12(13)18/h1-7H,8H2. The highest BCUT2D eigenvalue weighted by Gasteiger charge is 2.11. The van der Waals surface area contributed by atoms with Crippen LogP contribution in [0.1, 0.15) is 5.89 Å². The van der Waals surface area contributed by atoms with Gasteiger partial charge in [0.1, 0.15) is 5.82 Å². The lowest BCUT2D eigenvalue weighted by Crippen LogP contribution is -1.98. The van der Waals surface area contributed by atoms with E-state index in [-0.39, 0.29) is 18.2 Å². The SMILES string of the molecule is Fc1ccc(OCc2nc(-c3cccc(Br)c3)no2)c(F)c1. The fourth-order valence-corrected chi connectivity index (χ4v) is 2.19. The molecule has 0 fully saturated rings. The largest absolute Gasteiger partial charge is 0.481 e. The van der Waals surface area contributed by atoms with E-state index >= 15 is 0 Å². The molecule has 0 aliphatic carbocycles. The Kier molecular flexibility index (Phi) is 4.15. The van der Waals surface area contributed by atoms with Crippen LogP contribution in [0.15, 0.2) is 51.5 Å². The molecule has 22 heavy (non-hydrogen) atoms. The highest BCUT2D eigenvalue weighted by Crippen LogP contribution is 2.22. The molecule has 0 spiro atoms. The molecule has 0 aliphatic heterocycles. The maximum atomic E-state index is 13.4. The molecule has 4 nitrogen and oxygen atoms in total. The first-order valence-electron chi connectivity index (χ1n) is 6.28. The van der Waals surface area contributed by atoms with Crippen LogP contribution in [0.3, 0.4) is 0 Å². The minimum Gasteiger partial charge on any atom is -0.481 e. The fraction of sp³-hybridized carbons (Fsp3) is 0.0667. The monoisotopic (exact) mass is 366 g/mol. The Bertz CT molecular complexity index is 808. The Labute approximate surface area is 132 Å². The number of aromatic nitrogens is 2. The maximum Gasteiger partial charge on any atom is 0.264 e. The van der Waals surface area contributed by atoms with Crippen LogP contribution in [0.25, 0.3) is 11.4 Å². The van der Waals surface area contributed by atoms with E-state index in [0.29, 0.717) is 5.82 Å². The number of nitrogens with zero attached hydrogens (tertiary/aromatic N) is 2. The maximum absolute atomic E-state index is 13.4. The predicted molar refractivity (Wildman–Crippen MR) is 78.1 cm³/mol. The summed E-state index contributed by atoms with van der Waals surface area (Å²) in [5, 5.41) is 3.84. The van der Waals surface area contributed by atoms with E-state index in [9.17, 15) is 8.78 Å². The minimum atomic E-state index is -0.785. The molecule has 2 aromatic carbocycles. The highest BCUT2D eigenvalue weighted by atomic mass is 79.9. The van der Waals surface area contributed by atoms with Crippen molar-refractivity contribution >= 4 is 15.9 Å². The number of ether oxygens (including phenoxy) is 1. The van der Waals surface area contributed by atoms with Crippen molar-refractivity contribution in [2.24, 2.45) is 0 Å². The summed E-state index contributed by atoms with van der Waals surface area (Å²) in [6.07, 6.45) is 0. The second-order valence-corrected chi connectivity index (χ2v) is 5.30. The van der Waals surface area contributed by atoms with Crippen molar-refractivity contribution in [1.29, 1.82) is 0 Å². The quantitative estimate of drug-likeness (QED) is 0.688. The third-order valence-corrected chi connectivity index (χ3v) is 3.29. The average Bonchev–Trinajstić information content (AvgIpc) is 2.95. The van der Waals surface area contributed by atoms with Gasteiger partial charge in [-0.3, -0.25) is 0 Å². The van der Waals surface area contributed by atoms with Gasteiger partial charge in [0, 0.05) is 16.1 Å². The number of benzene rings is 2. The molecular weight excluding hydrogens is 358 g/mol. The number of halogens is 3. The second-order valence-electron chi connectivity index (χ2n) is 4.39. The van der Waals surface area contributed by atoms with E-state index in [1.54, 1.807) is 0 Å². The molecule has 0 unspecified atom stereocenters. The van der Waals surface area contributed by atoms with Gasteiger partial charge in [0.15, 0.2) is 18.2 Å². The van der Waals surface area contributed by atoms with Crippen LogP contribution in [0, 0.1) is 11.6 Å². The Balaban J connectivity index is 1.72. The van der Waals surface area contributed by atoms with Gasteiger partial charge in [-0.25, -0.2) is 8.78 Å². The molecule has 0 atom stereocenters. The summed E-state index contributed by atoms with van der Waals surface area (Å²) in [5.41, 5.74) is 0.775. The Morgan fingerprint density at radius 3 is 2.77 bits per heavy atom. The zero-order valence-corrected chi connectivity index (χ0v) is 12.7. The topological polar surface area (TPSA) is 48.2 Å². The summed E-state index contributed by atoms with van der Waals surface area (Å²) < 4.78 is 37.4. The molecule has 0 aliphatic rings. The fourth-order valence-electron chi connectivity index (χ4n) is 1.79. The van der Waals surface area contributed by atoms with Crippen molar-refractivity contribution in [1.82, 2.24) is 10.1 Å². The van der Waals surface area contributed by atoms with E-state index in [2.05, 4.69) is 26.1 Å². The summed E-state index contributed by atoms with van der Waals surface area (Å²) >= 11 is 3.36.